The lowest BCUT2D eigenvalue weighted by molar-refractivity contribution is -0.870. The molecule has 0 aliphatic rings. The van der Waals surface area contributed by atoms with Gasteiger partial charge in [0.25, 0.3) is 7.82 Å². The number of unbranched alkanes of at least 4 members (excludes halogenated alkanes) is 37. The fourth-order valence-corrected chi connectivity index (χ4v) is 8.87. The summed E-state index contributed by atoms with van der Waals surface area (Å²) >= 11 is 0. The van der Waals surface area contributed by atoms with Crippen LogP contribution in [0.15, 0.2) is 0 Å². The van der Waals surface area contributed by atoms with Gasteiger partial charge >= 0.3 is 11.9 Å². The molecular weight excluding hydrogens is 862 g/mol. The molecule has 0 heterocycles. The van der Waals surface area contributed by atoms with Crippen LogP contribution in [0.25, 0.3) is 0 Å². The minimum Gasteiger partial charge on any atom is -0.756 e. The lowest BCUT2D eigenvalue weighted by atomic mass is 10.0. The molecule has 0 rings (SSSR count). The zero-order valence-electron chi connectivity index (χ0n) is 45.4. The standard InChI is InChI=1S/C40H80NO8P.C16H34O/c1-6-8-10-12-14-16-18-20-22-24-26-28-30-32-39(42)46-36-38(37-48-50(44,45)47-35-34-41(3,4)5)49-40(43)33-31-29-27-25-23-21-19-17-15-13-11-9-7-2;1-2-3-4-5-6-7-8-9-10-11-12-13-14-15-16-17/h38H,6-37H2,1-5H3;17H,2-16H2,1H3/t38-;/m1./s1. The number of phosphoric ester groups is 1. The molecule has 0 fully saturated rings. The molecule has 67 heavy (non-hydrogen) atoms. The number of nitrogens with zero attached hydrogens (tertiary/aromatic N) is 1. The van der Waals surface area contributed by atoms with Crippen molar-refractivity contribution in [2.24, 2.45) is 0 Å². The summed E-state index contributed by atoms with van der Waals surface area (Å²) in [5, 5.41) is 8.64. The van der Waals surface area contributed by atoms with Gasteiger partial charge in [-0.25, -0.2) is 0 Å². The molecule has 0 saturated heterocycles. The van der Waals surface area contributed by atoms with Crippen molar-refractivity contribution in [3.63, 3.8) is 0 Å². The number of ether oxygens (including phenoxy) is 2. The van der Waals surface area contributed by atoms with Gasteiger partial charge in [0, 0.05) is 19.4 Å². The number of likely N-dealkylation sites (N-methyl/N-ethyl adjacent to an activating group) is 1. The average Bonchev–Trinajstić information content (AvgIpc) is 3.29. The number of hydrogen-bond donors (Lipinski definition) is 1. The minimum absolute atomic E-state index is 0.0259. The number of carbonyl (C=O) groups excluding carboxylic acids is 2. The molecule has 11 heteroatoms. The van der Waals surface area contributed by atoms with Crippen molar-refractivity contribution < 1.29 is 47.2 Å². The first kappa shape index (κ1) is 68.0. The Labute approximate surface area is 416 Å². The maximum atomic E-state index is 12.6. The van der Waals surface area contributed by atoms with Crippen LogP contribution >= 0.6 is 7.82 Å². The lowest BCUT2D eigenvalue weighted by Crippen LogP contribution is -2.37. The van der Waals surface area contributed by atoms with Crippen LogP contribution in [0.2, 0.25) is 0 Å². The molecule has 0 spiro atoms. The fraction of sp³-hybridized carbons (Fsp3) is 0.964. The van der Waals surface area contributed by atoms with Crippen LogP contribution in [0.3, 0.4) is 0 Å². The molecule has 0 saturated carbocycles. The zero-order valence-corrected chi connectivity index (χ0v) is 46.3. The molecule has 1 unspecified atom stereocenters. The number of phosphoric acid groups is 1. The summed E-state index contributed by atoms with van der Waals surface area (Å²) in [5.41, 5.74) is 0. The second kappa shape index (κ2) is 52.8. The van der Waals surface area contributed by atoms with Gasteiger partial charge in [-0.05, 0) is 19.3 Å². The van der Waals surface area contributed by atoms with Gasteiger partial charge in [0.15, 0.2) is 6.10 Å². The van der Waals surface area contributed by atoms with Crippen molar-refractivity contribution >= 4 is 19.8 Å². The number of quaternary nitrogens is 1. The van der Waals surface area contributed by atoms with Crippen LogP contribution < -0.4 is 4.89 Å². The summed E-state index contributed by atoms with van der Waals surface area (Å²) in [6.07, 6.45) is 50.4. The van der Waals surface area contributed by atoms with Crippen LogP contribution in [0.1, 0.15) is 290 Å². The Balaban J connectivity index is 0. The van der Waals surface area contributed by atoms with Gasteiger partial charge < -0.3 is 33.0 Å². The van der Waals surface area contributed by atoms with Gasteiger partial charge in [-0.2, -0.15) is 0 Å². The second-order valence-corrected chi connectivity index (χ2v) is 22.1. The first-order chi connectivity index (χ1) is 32.4. The number of aliphatic hydroxyl groups is 1. The summed E-state index contributed by atoms with van der Waals surface area (Å²) in [4.78, 5) is 37.4. The normalized spacial score (nSPS) is 13.0. The molecule has 0 aliphatic carbocycles. The Morgan fingerprint density at radius 2 is 0.746 bits per heavy atom. The topological polar surface area (TPSA) is 131 Å². The third-order valence-corrected chi connectivity index (χ3v) is 13.6. The second-order valence-electron chi connectivity index (χ2n) is 20.7. The largest absolute Gasteiger partial charge is 0.756 e. The van der Waals surface area contributed by atoms with E-state index < -0.39 is 26.5 Å². The summed E-state index contributed by atoms with van der Waals surface area (Å²) in [5.74, 6) is -0.823. The third-order valence-electron chi connectivity index (χ3n) is 12.6. The molecule has 0 aromatic rings. The predicted molar refractivity (Wildman–Crippen MR) is 281 cm³/mol. The Hall–Kier alpha value is -1.03. The van der Waals surface area contributed by atoms with E-state index in [9.17, 15) is 19.0 Å². The molecule has 0 bridgehead atoms. The van der Waals surface area contributed by atoms with E-state index in [2.05, 4.69) is 20.8 Å². The first-order valence-electron chi connectivity index (χ1n) is 28.8. The molecular formula is C56H114NO9P. The summed E-state index contributed by atoms with van der Waals surface area (Å²) in [7, 11) is 1.18. The Kier molecular flexibility index (Phi) is 53.6. The van der Waals surface area contributed by atoms with E-state index in [0.717, 1.165) is 38.5 Å². The number of carbonyl (C=O) groups is 2. The van der Waals surface area contributed by atoms with E-state index in [4.69, 9.17) is 23.6 Å². The highest BCUT2D eigenvalue weighted by Crippen LogP contribution is 2.38. The van der Waals surface area contributed by atoms with Crippen molar-refractivity contribution in [2.45, 2.75) is 297 Å². The number of esters is 2. The molecule has 10 nitrogen and oxygen atoms in total. The van der Waals surface area contributed by atoms with Crippen LogP contribution in [0.5, 0.6) is 0 Å². The maximum Gasteiger partial charge on any atom is 0.306 e. The van der Waals surface area contributed by atoms with Crippen LogP contribution in [-0.2, 0) is 32.7 Å². The molecule has 0 aromatic carbocycles. The fourth-order valence-electron chi connectivity index (χ4n) is 8.14. The smallest absolute Gasteiger partial charge is 0.306 e. The molecule has 0 radical (unpaired) electrons. The van der Waals surface area contributed by atoms with Gasteiger partial charge in [0.2, 0.25) is 0 Å². The van der Waals surface area contributed by atoms with Crippen LogP contribution in [0.4, 0.5) is 0 Å². The van der Waals surface area contributed by atoms with Crippen LogP contribution in [-0.4, -0.2) is 81.7 Å². The maximum absolute atomic E-state index is 12.6. The minimum atomic E-state index is -4.61. The van der Waals surface area contributed by atoms with Gasteiger partial charge in [0.05, 0.1) is 27.7 Å². The summed E-state index contributed by atoms with van der Waals surface area (Å²) in [6.45, 7) is 6.89. The molecule has 1 N–H and O–H groups in total. The van der Waals surface area contributed by atoms with Gasteiger partial charge in [-0.15, -0.1) is 0 Å². The molecule has 2 atom stereocenters. The van der Waals surface area contributed by atoms with E-state index in [-0.39, 0.29) is 32.0 Å². The SMILES string of the molecule is CCCCCCCCCCCCCCCC(=O)OC[C@H](COP(=O)([O-])OCC[N+](C)(C)C)OC(=O)CCCCCCCCCCCCCCC.CCCCCCCCCCCCCCCCO. The van der Waals surface area contributed by atoms with E-state index in [1.807, 2.05) is 21.1 Å². The number of hydrogen-bond acceptors (Lipinski definition) is 9. The molecule has 0 aromatic heterocycles. The zero-order chi connectivity index (χ0) is 49.8. The van der Waals surface area contributed by atoms with Crippen molar-refractivity contribution in [1.82, 2.24) is 0 Å². The third kappa shape index (κ3) is 59.2. The Bertz CT molecular complexity index is 1060. The number of aliphatic hydroxyl groups excluding tert-OH is 1. The number of rotatable bonds is 52. The highest BCUT2D eigenvalue weighted by Gasteiger charge is 2.22. The van der Waals surface area contributed by atoms with E-state index in [1.165, 1.54) is 212 Å². The molecule has 402 valence electrons. The van der Waals surface area contributed by atoms with Crippen molar-refractivity contribution in [1.29, 1.82) is 0 Å². The van der Waals surface area contributed by atoms with E-state index in [0.29, 0.717) is 24.1 Å². The van der Waals surface area contributed by atoms with Crippen molar-refractivity contribution in [3.05, 3.63) is 0 Å². The quantitative estimate of drug-likeness (QED) is 0.0274. The lowest BCUT2D eigenvalue weighted by Gasteiger charge is -2.28. The Morgan fingerprint density at radius 1 is 0.448 bits per heavy atom. The van der Waals surface area contributed by atoms with E-state index in [1.54, 1.807) is 0 Å². The van der Waals surface area contributed by atoms with E-state index >= 15 is 0 Å². The monoisotopic (exact) mass is 976 g/mol. The summed E-state index contributed by atoms with van der Waals surface area (Å²) < 4.78 is 33.8. The van der Waals surface area contributed by atoms with Gasteiger partial charge in [-0.1, -0.05) is 258 Å². The highest BCUT2D eigenvalue weighted by molar-refractivity contribution is 7.45. The van der Waals surface area contributed by atoms with Crippen molar-refractivity contribution in [2.75, 3.05) is 54.1 Å². The average molecular weight is 976 g/mol. The molecule has 0 amide bonds. The predicted octanol–water partition coefficient (Wildman–Crippen LogP) is 16.1. The van der Waals surface area contributed by atoms with Crippen molar-refractivity contribution in [3.8, 4) is 0 Å². The molecule has 0 aliphatic heterocycles. The Morgan fingerprint density at radius 3 is 1.06 bits per heavy atom. The van der Waals surface area contributed by atoms with Gasteiger partial charge in [0.1, 0.15) is 19.8 Å². The first-order valence-corrected chi connectivity index (χ1v) is 30.2. The van der Waals surface area contributed by atoms with Gasteiger partial charge in [-0.3, -0.25) is 14.2 Å². The highest BCUT2D eigenvalue weighted by atomic mass is 31.2. The van der Waals surface area contributed by atoms with Crippen LogP contribution in [0, 0.1) is 0 Å². The summed E-state index contributed by atoms with van der Waals surface area (Å²) in [6, 6.07) is 0.